The summed E-state index contributed by atoms with van der Waals surface area (Å²) in [5, 5.41) is 0. The summed E-state index contributed by atoms with van der Waals surface area (Å²) in [5.41, 5.74) is 0. The second-order valence-corrected chi connectivity index (χ2v) is 7.63. The molecular formula is CCl3Sn+3. The predicted octanol–water partition coefficient (Wildman–Crippen LogP) is 1.48. The van der Waals surface area contributed by atoms with Gasteiger partial charge in [0.25, 0.3) is 0 Å². The van der Waals surface area contributed by atoms with Gasteiger partial charge in [0.15, 0.2) is 0 Å². The van der Waals surface area contributed by atoms with Crippen LogP contribution in [0.15, 0.2) is 0 Å². The van der Waals surface area contributed by atoms with Gasteiger partial charge in [0.2, 0.25) is 0 Å². The minimum atomic E-state index is -0.993. The van der Waals surface area contributed by atoms with Crippen LogP contribution in [0.1, 0.15) is 0 Å². The molecule has 0 fully saturated rings. The van der Waals surface area contributed by atoms with Crippen molar-refractivity contribution >= 4 is 57.3 Å². The zero-order valence-corrected chi connectivity index (χ0v) is 7.26. The summed E-state index contributed by atoms with van der Waals surface area (Å²) in [6, 6.07) is 0. The predicted molar refractivity (Wildman–Crippen MR) is 26.0 cm³/mol. The zero-order chi connectivity index (χ0) is 4.50. The summed E-state index contributed by atoms with van der Waals surface area (Å²) in [4.78, 5) is 0. The summed E-state index contributed by atoms with van der Waals surface area (Å²) < 4.78 is -0.993. The molecule has 0 aliphatic rings. The van der Waals surface area contributed by atoms with Gasteiger partial charge < -0.3 is 0 Å². The van der Waals surface area contributed by atoms with Crippen LogP contribution in [-0.4, -0.2) is 24.3 Å². The van der Waals surface area contributed by atoms with Crippen LogP contribution in [0.2, 0.25) is 0 Å². The molecule has 0 saturated carbocycles. The Bertz CT molecular complexity index is 22.4. The van der Waals surface area contributed by atoms with Gasteiger partial charge in [0.05, 0.1) is 0 Å². The van der Waals surface area contributed by atoms with Crippen molar-refractivity contribution in [3.63, 3.8) is 0 Å². The first-order valence-electron chi connectivity index (χ1n) is 0.817. The molecule has 0 heterocycles. The van der Waals surface area contributed by atoms with Crippen molar-refractivity contribution in [1.29, 1.82) is 0 Å². The fourth-order valence-electron chi connectivity index (χ4n) is 0. The van der Waals surface area contributed by atoms with Gasteiger partial charge in [-0.1, -0.05) is 0 Å². The fraction of sp³-hybridized carbons (Fsp3) is 1.00. The maximum atomic E-state index is 5.10. The second kappa shape index (κ2) is 2.10. The number of hydrogen-bond donors (Lipinski definition) is 0. The standard InChI is InChI=1S/CCl3.Sn/c2-1(3)4;/q;+3. The Labute approximate surface area is 58.9 Å². The first-order chi connectivity index (χ1) is 2.00. The Morgan fingerprint density at radius 3 is 1.20 bits per heavy atom. The monoisotopic (exact) mass is 237 g/mol. The quantitative estimate of drug-likeness (QED) is 0.442. The van der Waals surface area contributed by atoms with Crippen LogP contribution in [0, 0.1) is 0 Å². The molecule has 0 bridgehead atoms. The molecule has 0 aliphatic carbocycles. The summed E-state index contributed by atoms with van der Waals surface area (Å²) in [6.45, 7) is 0. The van der Waals surface area contributed by atoms with Gasteiger partial charge in [0.1, 0.15) is 0 Å². The molecule has 0 aromatic rings. The Morgan fingerprint density at radius 1 is 1.20 bits per heavy atom. The van der Waals surface area contributed by atoms with Crippen molar-refractivity contribution in [2.75, 3.05) is 0 Å². The Balaban J connectivity index is 3.02. The number of alkyl halides is 3. The Morgan fingerprint density at radius 2 is 1.20 bits per heavy atom. The van der Waals surface area contributed by atoms with E-state index in [1.54, 1.807) is 0 Å². The minimum absolute atomic E-state index is 0.914. The summed E-state index contributed by atoms with van der Waals surface area (Å²) in [5.74, 6) is 0. The molecule has 0 rings (SSSR count). The van der Waals surface area contributed by atoms with Gasteiger partial charge >= 0.3 is 59.1 Å². The molecule has 26 valence electrons. The van der Waals surface area contributed by atoms with Gasteiger partial charge in [-0.3, -0.25) is 0 Å². The van der Waals surface area contributed by atoms with E-state index in [4.69, 9.17) is 34.8 Å². The molecule has 0 spiro atoms. The average Bonchev–Trinajstić information content (AvgIpc) is 0.722. The van der Waals surface area contributed by atoms with Crippen LogP contribution in [0.5, 0.6) is 0 Å². The van der Waals surface area contributed by atoms with Crippen molar-refractivity contribution in [2.24, 2.45) is 0 Å². The second-order valence-electron chi connectivity index (χ2n) is 0.498. The third kappa shape index (κ3) is 27.4. The van der Waals surface area contributed by atoms with E-state index in [2.05, 4.69) is 0 Å². The molecule has 0 amide bonds. The van der Waals surface area contributed by atoms with Crippen molar-refractivity contribution in [1.82, 2.24) is 0 Å². The van der Waals surface area contributed by atoms with Crippen molar-refractivity contribution in [3.05, 3.63) is 0 Å². The van der Waals surface area contributed by atoms with E-state index in [1.165, 1.54) is 0 Å². The van der Waals surface area contributed by atoms with Gasteiger partial charge in [0, 0.05) is 0 Å². The first kappa shape index (κ1) is 6.67. The van der Waals surface area contributed by atoms with E-state index in [-0.39, 0.29) is 0 Å². The SMILES string of the molecule is Cl[C](Cl)(Cl)[Sn+3]. The molecule has 5 heavy (non-hydrogen) atoms. The summed E-state index contributed by atoms with van der Waals surface area (Å²) in [6.07, 6.45) is 0. The van der Waals surface area contributed by atoms with Gasteiger partial charge in [-0.2, -0.15) is 0 Å². The summed E-state index contributed by atoms with van der Waals surface area (Å²) >= 11 is 16.2. The van der Waals surface area contributed by atoms with Crippen molar-refractivity contribution in [2.45, 2.75) is 1.81 Å². The van der Waals surface area contributed by atoms with Crippen LogP contribution >= 0.6 is 34.8 Å². The fourth-order valence-corrected chi connectivity index (χ4v) is 0. The number of rotatable bonds is 0. The van der Waals surface area contributed by atoms with Gasteiger partial charge in [-0.15, -0.1) is 0 Å². The number of halogens is 3. The molecular weight excluding hydrogens is 237 g/mol. The van der Waals surface area contributed by atoms with Crippen LogP contribution < -0.4 is 0 Å². The molecule has 0 atom stereocenters. The van der Waals surface area contributed by atoms with E-state index in [1.807, 2.05) is 0 Å². The number of hydrogen-bond acceptors (Lipinski definition) is 0. The third-order valence-electron chi connectivity index (χ3n) is 0. The first-order valence-corrected chi connectivity index (χ1v) is 3.38. The molecule has 0 N–H and O–H groups in total. The normalized spacial score (nSPS) is 12.2. The van der Waals surface area contributed by atoms with Crippen LogP contribution in [0.3, 0.4) is 0 Å². The third-order valence-corrected chi connectivity index (χ3v) is 0. The molecule has 4 heteroatoms. The van der Waals surface area contributed by atoms with E-state index >= 15 is 0 Å². The van der Waals surface area contributed by atoms with Crippen LogP contribution in [0.4, 0.5) is 0 Å². The maximum absolute atomic E-state index is 5.10. The molecule has 0 aliphatic heterocycles. The molecule has 0 aromatic carbocycles. The van der Waals surface area contributed by atoms with Crippen LogP contribution in [-0.2, 0) is 0 Å². The van der Waals surface area contributed by atoms with Crippen molar-refractivity contribution in [3.8, 4) is 0 Å². The van der Waals surface area contributed by atoms with Crippen molar-refractivity contribution < 1.29 is 0 Å². The van der Waals surface area contributed by atoms with Crippen LogP contribution in [0.25, 0.3) is 0 Å². The van der Waals surface area contributed by atoms with Gasteiger partial charge in [-0.05, 0) is 0 Å². The van der Waals surface area contributed by atoms with E-state index in [0.717, 1.165) is 22.5 Å². The zero-order valence-electron chi connectivity index (χ0n) is 2.13. The van der Waals surface area contributed by atoms with E-state index in [0.29, 0.717) is 0 Å². The van der Waals surface area contributed by atoms with Gasteiger partial charge in [-0.25, -0.2) is 0 Å². The molecule has 0 radical (unpaired) electrons. The molecule has 0 nitrogen and oxygen atoms in total. The topological polar surface area (TPSA) is 0 Å². The average molecular weight is 237 g/mol. The molecule has 0 saturated heterocycles. The molecule has 0 aromatic heterocycles. The molecule has 0 unspecified atom stereocenters. The summed E-state index contributed by atoms with van der Waals surface area (Å²) in [7, 11) is 0. The van der Waals surface area contributed by atoms with E-state index in [9.17, 15) is 0 Å². The van der Waals surface area contributed by atoms with E-state index < -0.39 is 1.81 Å². The Hall–Kier alpha value is 1.67. The Kier molecular flexibility index (Phi) is 2.80.